The molecule has 1 atom stereocenters. The van der Waals surface area contributed by atoms with E-state index in [4.69, 9.17) is 9.47 Å². The van der Waals surface area contributed by atoms with Crippen molar-refractivity contribution in [2.24, 2.45) is 0 Å². The first-order chi connectivity index (χ1) is 16.5. The van der Waals surface area contributed by atoms with Gasteiger partial charge in [-0.2, -0.15) is 0 Å². The van der Waals surface area contributed by atoms with Crippen LogP contribution in [0.15, 0.2) is 47.4 Å². The van der Waals surface area contributed by atoms with Crippen LogP contribution in [0.5, 0.6) is 5.75 Å². The number of nitrogens with one attached hydrogen (secondary N) is 3. The van der Waals surface area contributed by atoms with Crippen molar-refractivity contribution < 1.29 is 22.7 Å². The lowest BCUT2D eigenvalue weighted by Gasteiger charge is -2.31. The summed E-state index contributed by atoms with van der Waals surface area (Å²) in [6.07, 6.45) is 1.95. The van der Waals surface area contributed by atoms with Gasteiger partial charge in [0.2, 0.25) is 0 Å². The van der Waals surface area contributed by atoms with Crippen molar-refractivity contribution in [1.29, 1.82) is 0 Å². The van der Waals surface area contributed by atoms with E-state index in [0.717, 1.165) is 51.3 Å². The molecule has 0 aromatic heterocycles. The SMILES string of the molecule is CCOc1ccc(S(=O)(=O)Nc2cc(C(=O)NC[C@@H]3CCCO3)ccc2N2CCNCC2)cc1. The highest BCUT2D eigenvalue weighted by molar-refractivity contribution is 7.92. The lowest BCUT2D eigenvalue weighted by molar-refractivity contribution is 0.0858. The number of carbonyl (C=O) groups is 1. The van der Waals surface area contributed by atoms with E-state index in [9.17, 15) is 13.2 Å². The van der Waals surface area contributed by atoms with Crippen LogP contribution in [0.25, 0.3) is 0 Å². The Bertz CT molecular complexity index is 1080. The summed E-state index contributed by atoms with van der Waals surface area (Å²) in [5, 5.41) is 6.20. The average molecular weight is 489 g/mol. The van der Waals surface area contributed by atoms with Gasteiger partial charge in [-0.25, -0.2) is 8.42 Å². The summed E-state index contributed by atoms with van der Waals surface area (Å²) in [5.41, 5.74) is 1.51. The third-order valence-corrected chi connectivity index (χ3v) is 7.30. The second-order valence-electron chi connectivity index (χ2n) is 8.32. The first kappa shape index (κ1) is 24.3. The molecule has 2 heterocycles. The first-order valence-electron chi connectivity index (χ1n) is 11.7. The number of nitrogens with zero attached hydrogens (tertiary/aromatic N) is 1. The zero-order valence-corrected chi connectivity index (χ0v) is 20.2. The molecule has 0 aliphatic carbocycles. The molecule has 1 amide bonds. The van der Waals surface area contributed by atoms with Crippen LogP contribution in [-0.2, 0) is 14.8 Å². The van der Waals surface area contributed by atoms with Crippen LogP contribution in [0, 0.1) is 0 Å². The average Bonchev–Trinajstić information content (AvgIpc) is 3.37. The maximum atomic E-state index is 13.2. The van der Waals surface area contributed by atoms with Gasteiger partial charge in [0, 0.05) is 44.9 Å². The van der Waals surface area contributed by atoms with Gasteiger partial charge in [-0.3, -0.25) is 9.52 Å². The molecule has 3 N–H and O–H groups in total. The van der Waals surface area contributed by atoms with Crippen molar-refractivity contribution >= 4 is 27.3 Å². The minimum atomic E-state index is -3.87. The number of anilines is 2. The van der Waals surface area contributed by atoms with Crippen molar-refractivity contribution in [2.45, 2.75) is 30.8 Å². The molecular formula is C24H32N4O5S. The van der Waals surface area contributed by atoms with Crippen LogP contribution < -0.4 is 25.0 Å². The molecule has 2 saturated heterocycles. The van der Waals surface area contributed by atoms with Gasteiger partial charge in [0.05, 0.1) is 29.0 Å². The van der Waals surface area contributed by atoms with E-state index < -0.39 is 10.0 Å². The molecular weight excluding hydrogens is 456 g/mol. The summed E-state index contributed by atoms with van der Waals surface area (Å²) in [7, 11) is -3.87. The number of rotatable bonds is 9. The van der Waals surface area contributed by atoms with E-state index >= 15 is 0 Å². The predicted octanol–water partition coefficient (Wildman–Crippen LogP) is 2.20. The quantitative estimate of drug-likeness (QED) is 0.497. The molecule has 0 spiro atoms. The van der Waals surface area contributed by atoms with E-state index in [2.05, 4.69) is 20.3 Å². The molecule has 184 valence electrons. The van der Waals surface area contributed by atoms with Crippen LogP contribution in [0.4, 0.5) is 11.4 Å². The molecule has 0 saturated carbocycles. The Balaban J connectivity index is 1.57. The fraction of sp³-hybridized carbons (Fsp3) is 0.458. The Kier molecular flexibility index (Phi) is 7.91. The van der Waals surface area contributed by atoms with Gasteiger partial charge in [0.1, 0.15) is 5.75 Å². The third kappa shape index (κ3) is 5.99. The normalized spacial score (nSPS) is 18.5. The summed E-state index contributed by atoms with van der Waals surface area (Å²) in [5.74, 6) is 0.344. The molecule has 10 heteroatoms. The van der Waals surface area contributed by atoms with Crippen molar-refractivity contribution in [2.75, 3.05) is 55.6 Å². The number of hydrogen-bond donors (Lipinski definition) is 3. The van der Waals surface area contributed by atoms with E-state index in [1.807, 2.05) is 13.0 Å². The van der Waals surface area contributed by atoms with Gasteiger partial charge < -0.3 is 25.0 Å². The zero-order valence-electron chi connectivity index (χ0n) is 19.4. The molecule has 2 fully saturated rings. The maximum absolute atomic E-state index is 13.2. The Morgan fingerprint density at radius 2 is 1.94 bits per heavy atom. The molecule has 9 nitrogen and oxygen atoms in total. The molecule has 34 heavy (non-hydrogen) atoms. The summed E-state index contributed by atoms with van der Waals surface area (Å²) in [6.45, 7) is 6.60. The fourth-order valence-electron chi connectivity index (χ4n) is 4.14. The van der Waals surface area contributed by atoms with Gasteiger partial charge in [-0.15, -0.1) is 0 Å². The Hall–Kier alpha value is -2.82. The van der Waals surface area contributed by atoms with Gasteiger partial charge in [0.15, 0.2) is 0 Å². The molecule has 2 aromatic rings. The smallest absolute Gasteiger partial charge is 0.261 e. The number of ether oxygens (including phenoxy) is 2. The molecule has 2 aromatic carbocycles. The first-order valence-corrected chi connectivity index (χ1v) is 13.2. The highest BCUT2D eigenvalue weighted by Gasteiger charge is 2.22. The zero-order chi connectivity index (χ0) is 24.0. The largest absolute Gasteiger partial charge is 0.494 e. The third-order valence-electron chi connectivity index (χ3n) is 5.92. The molecule has 0 bridgehead atoms. The molecule has 2 aliphatic heterocycles. The van der Waals surface area contributed by atoms with Crippen LogP contribution in [0.3, 0.4) is 0 Å². The minimum Gasteiger partial charge on any atom is -0.494 e. The van der Waals surface area contributed by atoms with Crippen molar-refractivity contribution in [1.82, 2.24) is 10.6 Å². The lowest BCUT2D eigenvalue weighted by atomic mass is 10.1. The Labute approximate surface area is 200 Å². The van der Waals surface area contributed by atoms with Crippen LogP contribution >= 0.6 is 0 Å². The Morgan fingerprint density at radius 3 is 2.62 bits per heavy atom. The minimum absolute atomic E-state index is 0.0294. The standard InChI is InChI=1S/C24H32N4O5S/c1-2-32-19-6-8-21(9-7-19)34(30,31)27-22-16-18(24(29)26-17-20-4-3-15-33-20)5-10-23(22)28-13-11-25-12-14-28/h5-10,16,20,25,27H,2-4,11-15,17H2,1H3,(H,26,29)/t20-/m0/s1. The summed E-state index contributed by atoms with van der Waals surface area (Å²) in [4.78, 5) is 15.0. The van der Waals surface area contributed by atoms with Crippen LogP contribution in [-0.4, -0.2) is 66.4 Å². The topological polar surface area (TPSA) is 109 Å². The summed E-state index contributed by atoms with van der Waals surface area (Å²) < 4.78 is 40.1. The van der Waals surface area contributed by atoms with E-state index in [1.165, 1.54) is 12.1 Å². The van der Waals surface area contributed by atoms with Crippen molar-refractivity contribution in [3.8, 4) is 5.75 Å². The van der Waals surface area contributed by atoms with Crippen LogP contribution in [0.1, 0.15) is 30.1 Å². The second kappa shape index (κ2) is 11.1. The number of hydrogen-bond acceptors (Lipinski definition) is 7. The van der Waals surface area contributed by atoms with Gasteiger partial charge in [-0.05, 0) is 62.2 Å². The maximum Gasteiger partial charge on any atom is 0.261 e. The Morgan fingerprint density at radius 1 is 1.18 bits per heavy atom. The van der Waals surface area contributed by atoms with E-state index in [0.29, 0.717) is 30.2 Å². The molecule has 4 rings (SSSR count). The van der Waals surface area contributed by atoms with Gasteiger partial charge in [-0.1, -0.05) is 0 Å². The number of carbonyl (C=O) groups excluding carboxylic acids is 1. The highest BCUT2D eigenvalue weighted by atomic mass is 32.2. The van der Waals surface area contributed by atoms with Gasteiger partial charge in [0.25, 0.3) is 15.9 Å². The second-order valence-corrected chi connectivity index (χ2v) is 10.0. The summed E-state index contributed by atoms with van der Waals surface area (Å²) in [6, 6.07) is 11.4. The van der Waals surface area contributed by atoms with E-state index in [-0.39, 0.29) is 16.9 Å². The predicted molar refractivity (Wildman–Crippen MR) is 131 cm³/mol. The highest BCUT2D eigenvalue weighted by Crippen LogP contribution is 2.30. The van der Waals surface area contributed by atoms with Crippen LogP contribution in [0.2, 0.25) is 0 Å². The number of benzene rings is 2. The van der Waals surface area contributed by atoms with Crippen molar-refractivity contribution in [3.63, 3.8) is 0 Å². The summed E-state index contributed by atoms with van der Waals surface area (Å²) >= 11 is 0. The number of piperazine rings is 1. The van der Waals surface area contributed by atoms with E-state index in [1.54, 1.807) is 24.3 Å². The number of sulfonamides is 1. The molecule has 2 aliphatic rings. The fourth-order valence-corrected chi connectivity index (χ4v) is 5.21. The molecule has 0 radical (unpaired) electrons. The van der Waals surface area contributed by atoms with Gasteiger partial charge >= 0.3 is 0 Å². The molecule has 0 unspecified atom stereocenters. The lowest BCUT2D eigenvalue weighted by Crippen LogP contribution is -2.43. The number of amides is 1. The van der Waals surface area contributed by atoms with Crippen molar-refractivity contribution in [3.05, 3.63) is 48.0 Å². The monoisotopic (exact) mass is 488 g/mol.